The van der Waals surface area contributed by atoms with Crippen LogP contribution in [0.15, 0.2) is 11.6 Å². The van der Waals surface area contributed by atoms with Gasteiger partial charge in [0.25, 0.3) is 0 Å². The second-order valence-electron chi connectivity index (χ2n) is 12.0. The van der Waals surface area contributed by atoms with Crippen LogP contribution in [0.25, 0.3) is 0 Å². The number of rotatable bonds is 9. The van der Waals surface area contributed by atoms with Crippen molar-refractivity contribution in [1.29, 1.82) is 0 Å². The Hall–Kier alpha value is -2.71. The van der Waals surface area contributed by atoms with Crippen molar-refractivity contribution in [3.8, 4) is 0 Å². The van der Waals surface area contributed by atoms with Crippen LogP contribution >= 0.6 is 0 Å². The molecule has 4 aliphatic carbocycles. The standard InChI is InChI=1S/C28H39NO8/c1-27-13-11-17(30)15-16(27)3-4-18-19-5-7-22(28(19,2)14-12-20(18)27)37-25(34)10-8-23(31)29-21(26(35)36)6-9-24(32)33/h15,18-22H,3-14H2,1-2H3,(H,29,31)(H,32,33)(H,35,36)/t18-,19-,20+,21-,22-,27-,28-/m0/s1. The summed E-state index contributed by atoms with van der Waals surface area (Å²) in [6.07, 6.45) is 8.20. The van der Waals surface area contributed by atoms with E-state index in [2.05, 4.69) is 19.2 Å². The normalized spacial score (nSPS) is 35.3. The van der Waals surface area contributed by atoms with Crippen molar-refractivity contribution >= 4 is 29.6 Å². The molecule has 3 fully saturated rings. The molecular weight excluding hydrogens is 478 g/mol. The number of aliphatic carboxylic acids is 2. The third-order valence-corrected chi connectivity index (χ3v) is 9.99. The first-order valence-corrected chi connectivity index (χ1v) is 13.6. The molecule has 1 amide bonds. The Morgan fingerprint density at radius 2 is 1.76 bits per heavy atom. The number of hydrogen-bond donors (Lipinski definition) is 3. The van der Waals surface area contributed by atoms with Gasteiger partial charge in [0.2, 0.25) is 5.91 Å². The van der Waals surface area contributed by atoms with Gasteiger partial charge in [-0.3, -0.25) is 19.2 Å². The van der Waals surface area contributed by atoms with E-state index >= 15 is 0 Å². The minimum Gasteiger partial charge on any atom is -0.481 e. The van der Waals surface area contributed by atoms with Crippen LogP contribution in [0.4, 0.5) is 0 Å². The summed E-state index contributed by atoms with van der Waals surface area (Å²) in [5, 5.41) is 20.2. The van der Waals surface area contributed by atoms with E-state index in [-0.39, 0.29) is 48.4 Å². The SMILES string of the molecule is C[C@]12CC[C@@H]3[C@@H](CCC4=CC(=O)CC[C@@]43C)[C@@H]1CC[C@@H]2OC(=O)CCC(=O)N[C@@H](CCC(=O)O)C(=O)O. The van der Waals surface area contributed by atoms with Crippen LogP contribution in [-0.4, -0.2) is 52.0 Å². The maximum Gasteiger partial charge on any atom is 0.326 e. The average Bonchev–Trinajstić information content (AvgIpc) is 3.16. The van der Waals surface area contributed by atoms with Crippen molar-refractivity contribution in [2.75, 3.05) is 0 Å². The van der Waals surface area contributed by atoms with Crippen molar-refractivity contribution in [3.05, 3.63) is 11.6 Å². The lowest BCUT2D eigenvalue weighted by atomic mass is 9.47. The molecule has 0 saturated heterocycles. The number of allylic oxidation sites excluding steroid dienone is 1. The van der Waals surface area contributed by atoms with Crippen LogP contribution in [0.5, 0.6) is 0 Å². The Morgan fingerprint density at radius 1 is 1.00 bits per heavy atom. The van der Waals surface area contributed by atoms with Crippen LogP contribution in [0.1, 0.15) is 90.9 Å². The lowest BCUT2D eigenvalue weighted by molar-refractivity contribution is -0.160. The monoisotopic (exact) mass is 517 g/mol. The molecule has 37 heavy (non-hydrogen) atoms. The van der Waals surface area contributed by atoms with E-state index in [1.807, 2.05) is 6.08 Å². The fraction of sp³-hybridized carbons (Fsp3) is 0.750. The Bertz CT molecular complexity index is 1000. The summed E-state index contributed by atoms with van der Waals surface area (Å²) in [7, 11) is 0. The fourth-order valence-corrected chi connectivity index (χ4v) is 7.93. The molecule has 0 bridgehead atoms. The Morgan fingerprint density at radius 3 is 2.46 bits per heavy atom. The number of carbonyl (C=O) groups is 5. The first-order chi connectivity index (χ1) is 17.4. The zero-order chi connectivity index (χ0) is 27.0. The molecule has 0 aromatic carbocycles. The average molecular weight is 518 g/mol. The molecule has 4 aliphatic rings. The minimum atomic E-state index is -1.31. The highest BCUT2D eigenvalue weighted by atomic mass is 16.5. The number of fused-ring (bicyclic) bond motifs is 5. The van der Waals surface area contributed by atoms with Crippen molar-refractivity contribution in [2.24, 2.45) is 28.6 Å². The number of carboxylic acids is 2. The Labute approximate surface area is 217 Å². The van der Waals surface area contributed by atoms with Crippen molar-refractivity contribution in [2.45, 2.75) is 103 Å². The van der Waals surface area contributed by atoms with Gasteiger partial charge < -0.3 is 20.3 Å². The van der Waals surface area contributed by atoms with Crippen LogP contribution < -0.4 is 5.32 Å². The van der Waals surface area contributed by atoms with E-state index < -0.39 is 29.9 Å². The third kappa shape index (κ3) is 5.46. The van der Waals surface area contributed by atoms with Gasteiger partial charge in [-0.15, -0.1) is 0 Å². The zero-order valence-electron chi connectivity index (χ0n) is 21.8. The first-order valence-electron chi connectivity index (χ1n) is 13.6. The Kier molecular flexibility index (Phi) is 7.81. The van der Waals surface area contributed by atoms with E-state index in [0.29, 0.717) is 24.2 Å². The summed E-state index contributed by atoms with van der Waals surface area (Å²) < 4.78 is 5.92. The third-order valence-electron chi connectivity index (χ3n) is 9.99. The Balaban J connectivity index is 1.31. The van der Waals surface area contributed by atoms with Gasteiger partial charge in [0.1, 0.15) is 12.1 Å². The number of esters is 1. The molecule has 9 nitrogen and oxygen atoms in total. The topological polar surface area (TPSA) is 147 Å². The maximum atomic E-state index is 12.7. The summed E-state index contributed by atoms with van der Waals surface area (Å²) in [5.41, 5.74) is 1.33. The lowest BCUT2D eigenvalue weighted by Crippen LogP contribution is -2.51. The van der Waals surface area contributed by atoms with Gasteiger partial charge in [-0.1, -0.05) is 19.4 Å². The molecule has 0 unspecified atom stereocenters. The number of carbonyl (C=O) groups excluding carboxylic acids is 3. The molecule has 7 atom stereocenters. The van der Waals surface area contributed by atoms with Crippen molar-refractivity contribution < 1.29 is 38.9 Å². The molecule has 0 spiro atoms. The number of ether oxygens (including phenoxy) is 1. The van der Waals surface area contributed by atoms with E-state index in [4.69, 9.17) is 9.84 Å². The van der Waals surface area contributed by atoms with Crippen LogP contribution in [-0.2, 0) is 28.7 Å². The van der Waals surface area contributed by atoms with Gasteiger partial charge in [-0.25, -0.2) is 4.79 Å². The summed E-state index contributed by atoms with van der Waals surface area (Å²) >= 11 is 0. The van der Waals surface area contributed by atoms with Crippen LogP contribution in [0, 0.1) is 28.6 Å². The predicted octanol–water partition coefficient (Wildman–Crippen LogP) is 3.64. The number of ketones is 1. The molecule has 0 heterocycles. The van der Waals surface area contributed by atoms with Crippen molar-refractivity contribution in [3.63, 3.8) is 0 Å². The second-order valence-corrected chi connectivity index (χ2v) is 12.0. The van der Waals surface area contributed by atoms with Gasteiger partial charge in [-0.05, 0) is 80.6 Å². The zero-order valence-corrected chi connectivity index (χ0v) is 21.8. The molecule has 0 aromatic rings. The molecule has 0 radical (unpaired) electrons. The summed E-state index contributed by atoms with van der Waals surface area (Å²) in [6, 6.07) is -1.31. The van der Waals surface area contributed by atoms with E-state index in [1.165, 1.54) is 5.57 Å². The van der Waals surface area contributed by atoms with Gasteiger partial charge in [0.05, 0.1) is 6.42 Å². The summed E-state index contributed by atoms with van der Waals surface area (Å²) in [6.45, 7) is 4.59. The number of carboxylic acid groups (broad SMARTS) is 2. The van der Waals surface area contributed by atoms with E-state index in [9.17, 15) is 29.1 Å². The maximum absolute atomic E-state index is 12.7. The molecule has 3 N–H and O–H groups in total. The molecule has 204 valence electrons. The van der Waals surface area contributed by atoms with E-state index in [1.54, 1.807) is 0 Å². The molecular formula is C28H39NO8. The molecule has 0 aliphatic heterocycles. The fourth-order valence-electron chi connectivity index (χ4n) is 7.93. The smallest absolute Gasteiger partial charge is 0.326 e. The number of amides is 1. The summed E-state index contributed by atoms with van der Waals surface area (Å²) in [5.74, 6) is -1.70. The summed E-state index contributed by atoms with van der Waals surface area (Å²) in [4.78, 5) is 58.9. The second kappa shape index (κ2) is 10.6. The highest BCUT2D eigenvalue weighted by Gasteiger charge is 2.59. The van der Waals surface area contributed by atoms with Gasteiger partial charge in [0, 0.05) is 24.7 Å². The van der Waals surface area contributed by atoms with Crippen molar-refractivity contribution in [1.82, 2.24) is 5.32 Å². The van der Waals surface area contributed by atoms with Gasteiger partial charge in [-0.2, -0.15) is 0 Å². The van der Waals surface area contributed by atoms with Gasteiger partial charge >= 0.3 is 17.9 Å². The van der Waals surface area contributed by atoms with Crippen LogP contribution in [0.3, 0.4) is 0 Å². The number of nitrogens with one attached hydrogen (secondary N) is 1. The predicted molar refractivity (Wildman–Crippen MR) is 132 cm³/mol. The molecule has 3 saturated carbocycles. The van der Waals surface area contributed by atoms with Crippen LogP contribution in [0.2, 0.25) is 0 Å². The lowest BCUT2D eigenvalue weighted by Gasteiger charge is -2.57. The largest absolute Gasteiger partial charge is 0.481 e. The molecule has 4 rings (SSSR count). The molecule has 0 aromatic heterocycles. The quantitative estimate of drug-likeness (QED) is 0.393. The highest BCUT2D eigenvalue weighted by Crippen LogP contribution is 2.65. The molecule has 9 heteroatoms. The van der Waals surface area contributed by atoms with Gasteiger partial charge in [0.15, 0.2) is 5.78 Å². The minimum absolute atomic E-state index is 0.0958. The number of hydrogen-bond acceptors (Lipinski definition) is 6. The van der Waals surface area contributed by atoms with E-state index in [0.717, 1.165) is 44.9 Å². The first kappa shape index (κ1) is 27.3. The highest BCUT2D eigenvalue weighted by molar-refractivity contribution is 5.91.